The van der Waals surface area contributed by atoms with Gasteiger partial charge in [-0.25, -0.2) is 9.18 Å². The van der Waals surface area contributed by atoms with E-state index < -0.39 is 17.1 Å². The Labute approximate surface area is 172 Å². The van der Waals surface area contributed by atoms with Crippen molar-refractivity contribution < 1.29 is 9.13 Å². The first kappa shape index (κ1) is 20.1. The van der Waals surface area contributed by atoms with E-state index >= 15 is 0 Å². The summed E-state index contributed by atoms with van der Waals surface area (Å²) in [5, 5.41) is 0. The maximum Gasteiger partial charge on any atom is 0.332 e. The molecule has 1 atom stereocenters. The molecule has 0 spiro atoms. The average Bonchev–Trinajstić information content (AvgIpc) is 3.10. The van der Waals surface area contributed by atoms with Gasteiger partial charge in [0.15, 0.2) is 11.2 Å². The Hall–Kier alpha value is -3.14. The van der Waals surface area contributed by atoms with Crippen LogP contribution in [0.25, 0.3) is 11.2 Å². The Bertz CT molecular complexity index is 1230. The molecule has 0 aliphatic carbocycles. The first-order chi connectivity index (χ1) is 14.3. The van der Waals surface area contributed by atoms with Crippen LogP contribution in [0.3, 0.4) is 0 Å². The molecule has 1 aliphatic rings. The van der Waals surface area contributed by atoms with E-state index in [-0.39, 0.29) is 23.8 Å². The summed E-state index contributed by atoms with van der Waals surface area (Å²) in [5.41, 5.74) is 6.38. The summed E-state index contributed by atoms with van der Waals surface area (Å²) in [6.07, 6.45) is 1.80. The van der Waals surface area contributed by atoms with Crippen LogP contribution in [0.1, 0.15) is 18.4 Å². The van der Waals surface area contributed by atoms with Crippen LogP contribution in [0.15, 0.2) is 27.8 Å². The van der Waals surface area contributed by atoms with Gasteiger partial charge in [0.25, 0.3) is 5.56 Å². The van der Waals surface area contributed by atoms with Gasteiger partial charge in [-0.3, -0.25) is 18.5 Å². The molecule has 30 heavy (non-hydrogen) atoms. The number of halogens is 1. The highest BCUT2D eigenvalue weighted by Gasteiger charge is 2.26. The largest absolute Gasteiger partial charge is 0.496 e. The standard InChI is InChI=1S/C20H25FN6O3/c1-24-17-16(18(28)25(2)20(24)29)27(10-12-9-13(21)6-7-15(12)30-3)19(23-17)26-8-4-5-14(22)11-26/h6-7,9,14H,4-5,8,10-11,22H2,1-3H3/t14-/m1/s1. The number of imidazole rings is 1. The molecule has 0 bridgehead atoms. The topological polar surface area (TPSA) is 100 Å². The summed E-state index contributed by atoms with van der Waals surface area (Å²) in [6.45, 7) is 1.47. The summed E-state index contributed by atoms with van der Waals surface area (Å²) in [4.78, 5) is 32.1. The van der Waals surface area contributed by atoms with Crippen LogP contribution in [0.5, 0.6) is 5.75 Å². The molecular weight excluding hydrogens is 391 g/mol. The van der Waals surface area contributed by atoms with Crippen LogP contribution in [0.2, 0.25) is 0 Å². The van der Waals surface area contributed by atoms with Crippen LogP contribution < -0.4 is 26.6 Å². The summed E-state index contributed by atoms with van der Waals surface area (Å²) in [5.74, 6) is 0.628. The Morgan fingerprint density at radius 2 is 2.03 bits per heavy atom. The highest BCUT2D eigenvalue weighted by molar-refractivity contribution is 5.75. The zero-order chi connectivity index (χ0) is 21.6. The van der Waals surface area contributed by atoms with Crippen LogP contribution >= 0.6 is 0 Å². The Morgan fingerprint density at radius 3 is 2.73 bits per heavy atom. The quantitative estimate of drug-likeness (QED) is 0.667. The number of ether oxygens (including phenoxy) is 1. The van der Waals surface area contributed by atoms with Crippen molar-refractivity contribution in [2.24, 2.45) is 19.8 Å². The van der Waals surface area contributed by atoms with Gasteiger partial charge >= 0.3 is 5.69 Å². The first-order valence-electron chi connectivity index (χ1n) is 9.81. The number of aryl methyl sites for hydroxylation is 1. The Balaban J connectivity index is 1.98. The second-order valence-electron chi connectivity index (χ2n) is 7.68. The molecule has 1 aliphatic heterocycles. The number of anilines is 1. The van der Waals surface area contributed by atoms with Crippen molar-refractivity contribution in [1.29, 1.82) is 0 Å². The van der Waals surface area contributed by atoms with Crippen molar-refractivity contribution in [3.63, 3.8) is 0 Å². The highest BCUT2D eigenvalue weighted by Crippen LogP contribution is 2.27. The molecule has 10 heteroatoms. The normalized spacial score (nSPS) is 17.0. The summed E-state index contributed by atoms with van der Waals surface area (Å²) in [6, 6.07) is 4.24. The second kappa shape index (κ2) is 7.60. The van der Waals surface area contributed by atoms with Crippen molar-refractivity contribution in [1.82, 2.24) is 18.7 Å². The van der Waals surface area contributed by atoms with Gasteiger partial charge in [0.1, 0.15) is 11.6 Å². The molecule has 2 N–H and O–H groups in total. The zero-order valence-electron chi connectivity index (χ0n) is 17.3. The Kier molecular flexibility index (Phi) is 5.10. The number of rotatable bonds is 4. The van der Waals surface area contributed by atoms with E-state index in [1.807, 2.05) is 4.90 Å². The van der Waals surface area contributed by atoms with Gasteiger partial charge in [0.2, 0.25) is 5.95 Å². The Morgan fingerprint density at radius 1 is 1.27 bits per heavy atom. The van der Waals surface area contributed by atoms with E-state index in [1.54, 1.807) is 17.7 Å². The second-order valence-corrected chi connectivity index (χ2v) is 7.68. The minimum absolute atomic E-state index is 0.0117. The number of nitrogens with zero attached hydrogens (tertiary/aromatic N) is 5. The van der Waals surface area contributed by atoms with Gasteiger partial charge in [-0.15, -0.1) is 0 Å². The third-order valence-electron chi connectivity index (χ3n) is 5.64. The van der Waals surface area contributed by atoms with E-state index in [0.717, 1.165) is 24.0 Å². The lowest BCUT2D eigenvalue weighted by atomic mass is 10.1. The third-order valence-corrected chi connectivity index (χ3v) is 5.64. The number of benzene rings is 1. The minimum atomic E-state index is -0.456. The molecule has 0 saturated carbocycles. The molecule has 0 radical (unpaired) electrons. The monoisotopic (exact) mass is 416 g/mol. The summed E-state index contributed by atoms with van der Waals surface area (Å²) >= 11 is 0. The first-order valence-corrected chi connectivity index (χ1v) is 9.81. The smallest absolute Gasteiger partial charge is 0.332 e. The highest BCUT2D eigenvalue weighted by atomic mass is 19.1. The molecule has 0 amide bonds. The molecular formula is C20H25FN6O3. The number of hydrogen-bond acceptors (Lipinski definition) is 6. The van der Waals surface area contributed by atoms with Crippen LogP contribution in [-0.4, -0.2) is 44.9 Å². The SMILES string of the molecule is COc1ccc(F)cc1Cn1c(N2CCC[C@@H](N)C2)nc2c1c(=O)n(C)c(=O)n2C. The van der Waals surface area contributed by atoms with Gasteiger partial charge < -0.3 is 15.4 Å². The molecule has 9 nitrogen and oxygen atoms in total. The van der Waals surface area contributed by atoms with E-state index in [9.17, 15) is 14.0 Å². The molecule has 2 aromatic heterocycles. The predicted molar refractivity (Wildman–Crippen MR) is 112 cm³/mol. The van der Waals surface area contributed by atoms with Crippen molar-refractivity contribution in [3.8, 4) is 5.75 Å². The van der Waals surface area contributed by atoms with Gasteiger partial charge in [-0.05, 0) is 31.0 Å². The minimum Gasteiger partial charge on any atom is -0.496 e. The number of fused-ring (bicyclic) bond motifs is 1. The fourth-order valence-corrected chi connectivity index (χ4v) is 4.06. The summed E-state index contributed by atoms with van der Waals surface area (Å²) < 4.78 is 23.5. The molecule has 160 valence electrons. The van der Waals surface area contributed by atoms with E-state index in [0.29, 0.717) is 23.8 Å². The summed E-state index contributed by atoms with van der Waals surface area (Å²) in [7, 11) is 4.52. The van der Waals surface area contributed by atoms with Crippen molar-refractivity contribution in [2.45, 2.75) is 25.4 Å². The van der Waals surface area contributed by atoms with Crippen LogP contribution in [0.4, 0.5) is 10.3 Å². The van der Waals surface area contributed by atoms with Crippen molar-refractivity contribution in [2.75, 3.05) is 25.1 Å². The van der Waals surface area contributed by atoms with E-state index in [1.165, 1.54) is 30.9 Å². The van der Waals surface area contributed by atoms with Gasteiger partial charge in [0.05, 0.1) is 13.7 Å². The van der Waals surface area contributed by atoms with Crippen molar-refractivity contribution in [3.05, 3.63) is 50.4 Å². The molecule has 1 saturated heterocycles. The fourth-order valence-electron chi connectivity index (χ4n) is 4.06. The maximum absolute atomic E-state index is 14.0. The van der Waals surface area contributed by atoms with Crippen molar-refractivity contribution >= 4 is 17.1 Å². The fraction of sp³-hybridized carbons (Fsp3) is 0.450. The predicted octanol–water partition coefficient (Wildman–Crippen LogP) is 0.557. The number of aromatic nitrogens is 4. The maximum atomic E-state index is 14.0. The molecule has 0 unspecified atom stereocenters. The average molecular weight is 416 g/mol. The van der Waals surface area contributed by atoms with Gasteiger partial charge in [-0.1, -0.05) is 0 Å². The van der Waals surface area contributed by atoms with E-state index in [4.69, 9.17) is 10.5 Å². The molecule has 4 rings (SSSR count). The van der Waals surface area contributed by atoms with Crippen LogP contribution in [-0.2, 0) is 20.6 Å². The van der Waals surface area contributed by atoms with E-state index in [2.05, 4.69) is 4.98 Å². The number of hydrogen-bond donors (Lipinski definition) is 1. The lowest BCUT2D eigenvalue weighted by Gasteiger charge is -2.32. The lowest BCUT2D eigenvalue weighted by molar-refractivity contribution is 0.407. The molecule has 3 heterocycles. The van der Waals surface area contributed by atoms with Gasteiger partial charge in [-0.2, -0.15) is 4.98 Å². The number of piperidine rings is 1. The lowest BCUT2D eigenvalue weighted by Crippen LogP contribution is -2.44. The molecule has 1 fully saturated rings. The molecule has 3 aromatic rings. The zero-order valence-corrected chi connectivity index (χ0v) is 17.3. The van der Waals surface area contributed by atoms with Gasteiger partial charge in [0, 0.05) is 38.8 Å². The third kappa shape index (κ3) is 3.26. The molecule has 1 aromatic carbocycles. The number of methoxy groups -OCH3 is 1. The van der Waals surface area contributed by atoms with Crippen LogP contribution in [0, 0.1) is 5.82 Å². The number of nitrogens with two attached hydrogens (primary N) is 1.